The van der Waals surface area contributed by atoms with Gasteiger partial charge in [-0.2, -0.15) is 0 Å². The Morgan fingerprint density at radius 1 is 1.39 bits per heavy atom. The van der Waals surface area contributed by atoms with Crippen LogP contribution >= 0.6 is 27.9 Å². The van der Waals surface area contributed by atoms with Gasteiger partial charge in [0.15, 0.2) is 0 Å². The number of hydrogen-bond donors (Lipinski definition) is 1. The van der Waals surface area contributed by atoms with Crippen LogP contribution < -0.4 is 10.2 Å². The van der Waals surface area contributed by atoms with Crippen LogP contribution in [-0.2, 0) is 0 Å². The van der Waals surface area contributed by atoms with Gasteiger partial charge in [-0.1, -0.05) is 28.9 Å². The lowest BCUT2D eigenvalue weighted by Gasteiger charge is -2.29. The summed E-state index contributed by atoms with van der Waals surface area (Å²) in [4.78, 5) is 2.37. The van der Waals surface area contributed by atoms with Gasteiger partial charge in [0.2, 0.25) is 0 Å². The molecular weight excluding hydrogens is 370 g/mol. The second-order valence-electron chi connectivity index (χ2n) is 6.71. The normalized spacial score (nSPS) is 13.5. The molecule has 3 nitrogen and oxygen atoms in total. The molecule has 0 saturated carbocycles. The molecule has 0 aliphatic carbocycles. The Morgan fingerprint density at radius 2 is 2.09 bits per heavy atom. The minimum Gasteiger partial charge on any atom is -0.372 e. The Kier molecular flexibility index (Phi) is 8.65. The van der Waals surface area contributed by atoms with Crippen molar-refractivity contribution in [2.24, 2.45) is 4.40 Å². The topological polar surface area (TPSA) is 27.6 Å². The second kappa shape index (κ2) is 9.70. The quantitative estimate of drug-likeness (QED) is 0.484. The van der Waals surface area contributed by atoms with Gasteiger partial charge in [0.25, 0.3) is 0 Å². The molecule has 0 amide bonds. The first-order valence-corrected chi connectivity index (χ1v) is 9.73. The van der Waals surface area contributed by atoms with Gasteiger partial charge in [0.05, 0.1) is 0 Å². The highest BCUT2D eigenvalue weighted by atomic mass is 79.9. The molecule has 0 fully saturated rings. The van der Waals surface area contributed by atoms with E-state index >= 15 is 0 Å². The molecule has 1 rings (SSSR count). The largest absolute Gasteiger partial charge is 0.372 e. The third-order valence-electron chi connectivity index (χ3n) is 3.66. The molecule has 0 spiro atoms. The summed E-state index contributed by atoms with van der Waals surface area (Å²) < 4.78 is 5.71. The molecule has 0 aromatic heterocycles. The maximum Gasteiger partial charge on any atom is 0.0435 e. The van der Waals surface area contributed by atoms with Gasteiger partial charge >= 0.3 is 0 Å². The minimum absolute atomic E-state index is 0.144. The number of hydrogen-bond acceptors (Lipinski definition) is 4. The summed E-state index contributed by atoms with van der Waals surface area (Å²) in [5.74, 6) is 0. The Balaban J connectivity index is 2.82. The SMILES string of the molecule is CCC(CCNC)N(C)c1ccc(/C=N/SC(C)(C)C)c(Br)c1. The highest BCUT2D eigenvalue weighted by Crippen LogP contribution is 2.27. The number of halogens is 1. The van der Waals surface area contributed by atoms with Crippen molar-refractivity contribution in [2.45, 2.75) is 51.3 Å². The summed E-state index contributed by atoms with van der Waals surface area (Å²) in [6.45, 7) is 9.78. The first-order chi connectivity index (χ1) is 10.8. The van der Waals surface area contributed by atoms with Gasteiger partial charge in [0.1, 0.15) is 0 Å². The lowest BCUT2D eigenvalue weighted by atomic mass is 10.1. The third-order valence-corrected chi connectivity index (χ3v) is 5.10. The predicted molar refractivity (Wildman–Crippen MR) is 110 cm³/mol. The van der Waals surface area contributed by atoms with E-state index < -0.39 is 0 Å². The maximum absolute atomic E-state index is 4.48. The fraction of sp³-hybridized carbons (Fsp3) is 0.611. The Hall–Kier alpha value is -0.520. The lowest BCUT2D eigenvalue weighted by Crippen LogP contribution is -2.33. The van der Waals surface area contributed by atoms with E-state index in [0.717, 1.165) is 29.4 Å². The van der Waals surface area contributed by atoms with E-state index in [1.807, 2.05) is 13.3 Å². The van der Waals surface area contributed by atoms with Crippen LogP contribution in [-0.4, -0.2) is 37.6 Å². The van der Waals surface area contributed by atoms with E-state index in [1.165, 1.54) is 5.69 Å². The molecule has 1 atom stereocenters. The predicted octanol–water partition coefficient (Wildman–Crippen LogP) is 5.14. The molecular formula is C18H30BrN3S. The lowest BCUT2D eigenvalue weighted by molar-refractivity contribution is 0.547. The molecule has 0 radical (unpaired) electrons. The van der Waals surface area contributed by atoms with Gasteiger partial charge < -0.3 is 10.2 Å². The third kappa shape index (κ3) is 7.27. The fourth-order valence-corrected chi connectivity index (χ4v) is 3.23. The van der Waals surface area contributed by atoms with Gasteiger partial charge in [-0.3, -0.25) is 0 Å². The van der Waals surface area contributed by atoms with Crippen molar-refractivity contribution in [1.82, 2.24) is 5.32 Å². The number of nitrogens with zero attached hydrogens (tertiary/aromatic N) is 2. The average molecular weight is 400 g/mol. The van der Waals surface area contributed by atoms with Crippen LogP contribution in [0.2, 0.25) is 0 Å². The van der Waals surface area contributed by atoms with Crippen LogP contribution in [0.4, 0.5) is 5.69 Å². The smallest absolute Gasteiger partial charge is 0.0435 e. The van der Waals surface area contributed by atoms with Crippen molar-refractivity contribution in [3.8, 4) is 0 Å². The maximum atomic E-state index is 4.48. The van der Waals surface area contributed by atoms with Crippen LogP contribution in [0.15, 0.2) is 27.1 Å². The van der Waals surface area contributed by atoms with E-state index in [-0.39, 0.29) is 4.75 Å². The number of benzene rings is 1. The molecule has 23 heavy (non-hydrogen) atoms. The number of rotatable bonds is 8. The van der Waals surface area contributed by atoms with E-state index in [4.69, 9.17) is 0 Å². The molecule has 130 valence electrons. The van der Waals surface area contributed by atoms with Crippen molar-refractivity contribution < 1.29 is 0 Å². The van der Waals surface area contributed by atoms with Gasteiger partial charge in [-0.15, -0.1) is 0 Å². The first kappa shape index (κ1) is 20.5. The van der Waals surface area contributed by atoms with Crippen molar-refractivity contribution in [3.63, 3.8) is 0 Å². The molecule has 0 saturated heterocycles. The summed E-state index contributed by atoms with van der Waals surface area (Å²) in [6.07, 6.45) is 4.22. The van der Waals surface area contributed by atoms with Crippen LogP contribution in [0.25, 0.3) is 0 Å². The van der Waals surface area contributed by atoms with E-state index in [2.05, 4.69) is 83.5 Å². The highest BCUT2D eigenvalue weighted by Gasteiger charge is 2.14. The Bertz CT molecular complexity index is 511. The molecule has 1 aromatic carbocycles. The minimum atomic E-state index is 0.144. The zero-order valence-corrected chi connectivity index (χ0v) is 17.6. The zero-order chi connectivity index (χ0) is 17.5. The summed E-state index contributed by atoms with van der Waals surface area (Å²) in [5.41, 5.74) is 2.35. The van der Waals surface area contributed by atoms with E-state index in [1.54, 1.807) is 11.9 Å². The average Bonchev–Trinajstić information content (AvgIpc) is 2.48. The number of nitrogens with one attached hydrogen (secondary N) is 1. The fourth-order valence-electron chi connectivity index (χ4n) is 2.27. The number of anilines is 1. The van der Waals surface area contributed by atoms with Crippen molar-refractivity contribution >= 4 is 39.8 Å². The van der Waals surface area contributed by atoms with Crippen molar-refractivity contribution in [1.29, 1.82) is 0 Å². The molecule has 5 heteroatoms. The summed E-state index contributed by atoms with van der Waals surface area (Å²) in [5, 5.41) is 3.24. The second-order valence-corrected chi connectivity index (χ2v) is 9.18. The van der Waals surface area contributed by atoms with Crippen LogP contribution in [0.5, 0.6) is 0 Å². The zero-order valence-electron chi connectivity index (χ0n) is 15.2. The van der Waals surface area contributed by atoms with Crippen molar-refractivity contribution in [2.75, 3.05) is 25.5 Å². The standard InChI is InChI=1S/C18H30BrN3S/c1-7-15(10-11-20-5)22(6)16-9-8-14(17(19)12-16)13-21-23-18(2,3)4/h8-9,12-13,15,20H,7,10-11H2,1-6H3/b21-13+. The monoisotopic (exact) mass is 399 g/mol. The van der Waals surface area contributed by atoms with E-state index in [0.29, 0.717) is 6.04 Å². The molecule has 1 N–H and O–H groups in total. The van der Waals surface area contributed by atoms with Gasteiger partial charge in [-0.25, -0.2) is 4.40 Å². The highest BCUT2D eigenvalue weighted by molar-refractivity contribution is 9.10. The van der Waals surface area contributed by atoms with E-state index in [9.17, 15) is 0 Å². The molecule has 0 aliphatic heterocycles. The molecule has 0 aliphatic rings. The van der Waals surface area contributed by atoms with Gasteiger partial charge in [0, 0.05) is 39.8 Å². The summed E-state index contributed by atoms with van der Waals surface area (Å²) in [6, 6.07) is 7.04. The first-order valence-electron chi connectivity index (χ1n) is 8.17. The van der Waals surface area contributed by atoms with Crippen LogP contribution in [0.3, 0.4) is 0 Å². The molecule has 0 bridgehead atoms. The van der Waals surface area contributed by atoms with Crippen LogP contribution in [0, 0.1) is 0 Å². The summed E-state index contributed by atoms with van der Waals surface area (Å²) in [7, 11) is 4.18. The van der Waals surface area contributed by atoms with Crippen molar-refractivity contribution in [3.05, 3.63) is 28.2 Å². The van der Waals surface area contributed by atoms with Gasteiger partial charge in [-0.05, 0) is 71.3 Å². The molecule has 1 aromatic rings. The molecule has 1 unspecified atom stereocenters. The van der Waals surface area contributed by atoms with Crippen LogP contribution in [0.1, 0.15) is 46.1 Å². The Morgan fingerprint density at radius 3 is 2.61 bits per heavy atom. The Labute approximate surface area is 154 Å². The molecule has 0 heterocycles. The summed E-state index contributed by atoms with van der Waals surface area (Å²) >= 11 is 5.28.